The highest BCUT2D eigenvalue weighted by atomic mass is 28.4. The zero-order chi connectivity index (χ0) is 16.7. The van der Waals surface area contributed by atoms with Crippen LogP contribution in [0, 0.1) is 11.3 Å². The second-order valence-electron chi connectivity index (χ2n) is 7.37. The summed E-state index contributed by atoms with van der Waals surface area (Å²) in [6, 6.07) is 2.16. The van der Waals surface area contributed by atoms with Crippen molar-refractivity contribution in [3.63, 3.8) is 0 Å². The van der Waals surface area contributed by atoms with E-state index in [0.29, 0.717) is 12.8 Å². The lowest BCUT2D eigenvalue weighted by atomic mass is 10.0. The van der Waals surface area contributed by atoms with Gasteiger partial charge in [0.05, 0.1) is 18.3 Å². The zero-order valence-corrected chi connectivity index (χ0v) is 15.9. The van der Waals surface area contributed by atoms with E-state index in [0.717, 1.165) is 12.8 Å². The molecule has 21 heavy (non-hydrogen) atoms. The van der Waals surface area contributed by atoms with Gasteiger partial charge in [-0.25, -0.2) is 0 Å². The Morgan fingerprint density at radius 1 is 1.38 bits per heavy atom. The van der Waals surface area contributed by atoms with Crippen molar-refractivity contribution in [2.45, 2.75) is 90.6 Å². The first-order chi connectivity index (χ1) is 9.55. The molecule has 4 heteroatoms. The van der Waals surface area contributed by atoms with Crippen molar-refractivity contribution in [3.05, 3.63) is 11.6 Å². The molecule has 0 aromatic carbocycles. The highest BCUT2D eigenvalue weighted by Gasteiger charge is 2.40. The molecule has 0 spiro atoms. The highest BCUT2D eigenvalue weighted by Crippen LogP contribution is 2.38. The number of allylic oxidation sites excluding steroid dienone is 1. The molecule has 0 aliphatic rings. The number of aliphatic hydroxyl groups excluding tert-OH is 1. The maximum Gasteiger partial charge on any atom is 0.192 e. The van der Waals surface area contributed by atoms with E-state index in [-0.39, 0.29) is 11.1 Å². The van der Waals surface area contributed by atoms with Crippen LogP contribution in [-0.4, -0.2) is 25.6 Å². The smallest absolute Gasteiger partial charge is 0.192 e. The summed E-state index contributed by atoms with van der Waals surface area (Å²) in [5.41, 5.74) is 1.19. The fourth-order valence-electron chi connectivity index (χ4n) is 1.94. The molecule has 0 saturated heterocycles. The zero-order valence-electron chi connectivity index (χ0n) is 14.9. The first-order valence-electron chi connectivity index (χ1n) is 7.95. The average molecular weight is 312 g/mol. The van der Waals surface area contributed by atoms with Crippen molar-refractivity contribution in [1.82, 2.24) is 0 Å². The second-order valence-corrected chi connectivity index (χ2v) is 12.1. The molecule has 2 atom stereocenters. The molecular formula is C17H33NO2Si. The van der Waals surface area contributed by atoms with Gasteiger partial charge in [-0.3, -0.25) is 0 Å². The fraction of sp³-hybridized carbons (Fsp3) is 0.824. The largest absolute Gasteiger partial charge is 0.411 e. The summed E-state index contributed by atoms with van der Waals surface area (Å²) in [6.45, 7) is 15.1. The van der Waals surface area contributed by atoms with Crippen LogP contribution < -0.4 is 0 Å². The van der Waals surface area contributed by atoms with Gasteiger partial charge >= 0.3 is 0 Å². The molecule has 0 aromatic rings. The molecule has 0 bridgehead atoms. The van der Waals surface area contributed by atoms with Gasteiger partial charge in [-0.05, 0) is 37.9 Å². The molecule has 1 N–H and O–H groups in total. The summed E-state index contributed by atoms with van der Waals surface area (Å²) < 4.78 is 6.34. The lowest BCUT2D eigenvalue weighted by molar-refractivity contribution is 0.0516. The van der Waals surface area contributed by atoms with Crippen LogP contribution in [0.2, 0.25) is 18.1 Å². The molecular weight excluding hydrogens is 278 g/mol. The molecule has 3 nitrogen and oxygen atoms in total. The minimum atomic E-state index is -1.95. The molecule has 0 rings (SSSR count). The topological polar surface area (TPSA) is 53.2 Å². The van der Waals surface area contributed by atoms with E-state index in [1.807, 2.05) is 13.0 Å². The predicted molar refractivity (Wildman–Crippen MR) is 91.6 cm³/mol. The van der Waals surface area contributed by atoms with Gasteiger partial charge in [-0.2, -0.15) is 5.26 Å². The van der Waals surface area contributed by atoms with Gasteiger partial charge in [0.15, 0.2) is 8.32 Å². The first kappa shape index (κ1) is 20.4. The van der Waals surface area contributed by atoms with E-state index < -0.39 is 14.4 Å². The standard InChI is InChI=1S/C17H33NO2Si/c1-8-10-14(2)13-15(19)16(11-9-12-18)20-21(6,7)17(3,4)5/h13,15-16,19H,8-11H2,1-7H3/b14-13-/t15-,16+/m1/s1. The van der Waals surface area contributed by atoms with Gasteiger partial charge in [-0.15, -0.1) is 0 Å². The summed E-state index contributed by atoms with van der Waals surface area (Å²) in [5.74, 6) is 0. The van der Waals surface area contributed by atoms with Crippen LogP contribution in [0.4, 0.5) is 0 Å². The summed E-state index contributed by atoms with van der Waals surface area (Å²) in [6.07, 6.45) is 4.05. The summed E-state index contributed by atoms with van der Waals surface area (Å²) in [4.78, 5) is 0. The van der Waals surface area contributed by atoms with Crippen molar-refractivity contribution >= 4 is 8.32 Å². The number of rotatable bonds is 8. The average Bonchev–Trinajstić information content (AvgIpc) is 2.32. The third-order valence-corrected chi connectivity index (χ3v) is 8.78. The molecule has 122 valence electrons. The minimum absolute atomic E-state index is 0.0970. The van der Waals surface area contributed by atoms with E-state index in [9.17, 15) is 5.11 Å². The minimum Gasteiger partial charge on any atom is -0.411 e. The van der Waals surface area contributed by atoms with Crippen molar-refractivity contribution in [1.29, 1.82) is 5.26 Å². The van der Waals surface area contributed by atoms with Gasteiger partial charge in [0.25, 0.3) is 0 Å². The maximum atomic E-state index is 10.5. The molecule has 0 aliphatic heterocycles. The molecule has 0 saturated carbocycles. The Hall–Kier alpha value is -0.633. The predicted octanol–water partition coefficient (Wildman–Crippen LogP) is 4.79. The van der Waals surface area contributed by atoms with Crippen LogP contribution in [0.3, 0.4) is 0 Å². The molecule has 0 unspecified atom stereocenters. The number of aliphatic hydroxyl groups is 1. The van der Waals surface area contributed by atoms with E-state index in [1.165, 1.54) is 5.57 Å². The van der Waals surface area contributed by atoms with E-state index >= 15 is 0 Å². The van der Waals surface area contributed by atoms with Crippen LogP contribution in [0.1, 0.15) is 60.3 Å². The van der Waals surface area contributed by atoms with Crippen LogP contribution >= 0.6 is 0 Å². The Bertz CT molecular complexity index is 377. The van der Waals surface area contributed by atoms with E-state index in [2.05, 4.69) is 46.9 Å². The van der Waals surface area contributed by atoms with Crippen LogP contribution in [-0.2, 0) is 4.43 Å². The highest BCUT2D eigenvalue weighted by molar-refractivity contribution is 6.74. The van der Waals surface area contributed by atoms with Crippen molar-refractivity contribution in [2.75, 3.05) is 0 Å². The molecule has 0 aromatic heterocycles. The summed E-state index contributed by atoms with van der Waals surface area (Å²) in [7, 11) is -1.95. The van der Waals surface area contributed by atoms with Crippen molar-refractivity contribution in [3.8, 4) is 6.07 Å². The monoisotopic (exact) mass is 311 g/mol. The van der Waals surface area contributed by atoms with Crippen molar-refractivity contribution < 1.29 is 9.53 Å². The number of nitrogens with zero attached hydrogens (tertiary/aromatic N) is 1. The van der Waals surface area contributed by atoms with Crippen LogP contribution in [0.5, 0.6) is 0 Å². The Morgan fingerprint density at radius 2 is 1.95 bits per heavy atom. The number of hydrogen-bond acceptors (Lipinski definition) is 3. The van der Waals surface area contributed by atoms with Crippen LogP contribution in [0.25, 0.3) is 0 Å². The quantitative estimate of drug-likeness (QED) is 0.518. The molecule has 0 aliphatic carbocycles. The Labute approximate surface area is 132 Å². The van der Waals surface area contributed by atoms with Gasteiger partial charge in [0, 0.05) is 6.42 Å². The van der Waals surface area contributed by atoms with Gasteiger partial charge in [-0.1, -0.05) is 45.8 Å². The number of nitriles is 1. The first-order valence-corrected chi connectivity index (χ1v) is 10.9. The molecule has 0 amide bonds. The second kappa shape index (κ2) is 8.72. The maximum absolute atomic E-state index is 10.5. The molecule has 0 fully saturated rings. The number of hydrogen-bond donors (Lipinski definition) is 1. The fourth-order valence-corrected chi connectivity index (χ4v) is 3.31. The SMILES string of the molecule is CCC/C(C)=C\[C@@H](O)[C@H](CCC#N)O[Si](C)(C)C(C)(C)C. The normalized spacial score (nSPS) is 16.4. The lowest BCUT2D eigenvalue weighted by Gasteiger charge is -2.40. The third-order valence-electron chi connectivity index (χ3n) is 4.27. The Kier molecular flexibility index (Phi) is 8.46. The summed E-state index contributed by atoms with van der Waals surface area (Å²) >= 11 is 0. The van der Waals surface area contributed by atoms with Crippen LogP contribution in [0.15, 0.2) is 11.6 Å². The van der Waals surface area contributed by atoms with E-state index in [4.69, 9.17) is 9.69 Å². The Balaban J connectivity index is 5.04. The molecule has 0 heterocycles. The molecule has 0 radical (unpaired) electrons. The van der Waals surface area contributed by atoms with E-state index in [1.54, 1.807) is 0 Å². The van der Waals surface area contributed by atoms with Gasteiger partial charge in [0.2, 0.25) is 0 Å². The Morgan fingerprint density at radius 3 is 2.38 bits per heavy atom. The third kappa shape index (κ3) is 7.26. The van der Waals surface area contributed by atoms with Gasteiger partial charge in [0.1, 0.15) is 0 Å². The summed E-state index contributed by atoms with van der Waals surface area (Å²) in [5, 5.41) is 19.4. The lowest BCUT2D eigenvalue weighted by Crippen LogP contribution is -2.46. The van der Waals surface area contributed by atoms with Crippen molar-refractivity contribution in [2.24, 2.45) is 0 Å². The van der Waals surface area contributed by atoms with Gasteiger partial charge < -0.3 is 9.53 Å².